The molecule has 0 bridgehead atoms. The van der Waals surface area contributed by atoms with Gasteiger partial charge in [-0.3, -0.25) is 4.90 Å². The van der Waals surface area contributed by atoms with Gasteiger partial charge in [-0.15, -0.1) is 0 Å². The summed E-state index contributed by atoms with van der Waals surface area (Å²) in [6, 6.07) is 40.5. The number of hydrogen-bond donors (Lipinski definition) is 0. The summed E-state index contributed by atoms with van der Waals surface area (Å²) >= 11 is 0. The van der Waals surface area contributed by atoms with E-state index in [1.54, 1.807) is 0 Å². The lowest BCUT2D eigenvalue weighted by Gasteiger charge is -2.23. The molecule has 7 aromatic rings. The van der Waals surface area contributed by atoms with Crippen LogP contribution in [0.3, 0.4) is 0 Å². The predicted octanol–water partition coefficient (Wildman–Crippen LogP) is 8.51. The average Bonchev–Trinajstić information content (AvgIpc) is 2.93. The van der Waals surface area contributed by atoms with E-state index < -0.39 is 0 Å². The van der Waals surface area contributed by atoms with Crippen LogP contribution in [0.25, 0.3) is 43.4 Å². The maximum atomic E-state index is 4.59. The second-order valence-corrected chi connectivity index (χ2v) is 8.73. The van der Waals surface area contributed by atoms with Crippen LogP contribution in [-0.2, 0) is 0 Å². The van der Waals surface area contributed by atoms with Crippen molar-refractivity contribution in [2.75, 3.05) is 4.90 Å². The van der Waals surface area contributed by atoms with Crippen molar-refractivity contribution < 1.29 is 0 Å². The van der Waals surface area contributed by atoms with E-state index in [0.29, 0.717) is 0 Å². The molecule has 0 spiro atoms. The lowest BCUT2D eigenvalue weighted by atomic mass is 9.90. The molecule has 0 fully saturated rings. The lowest BCUT2D eigenvalue weighted by Crippen LogP contribution is -2.12. The Kier molecular flexibility index (Phi) is 4.46. The zero-order valence-electron chi connectivity index (χ0n) is 19.0. The van der Waals surface area contributed by atoms with Gasteiger partial charge in [-0.25, -0.2) is 9.97 Å². The molecule has 3 heteroatoms. The fourth-order valence-corrected chi connectivity index (χ4v) is 5.13. The van der Waals surface area contributed by atoms with Crippen molar-refractivity contribution >= 4 is 49.6 Å². The van der Waals surface area contributed by atoms with Crippen molar-refractivity contribution in [1.82, 2.24) is 9.97 Å². The lowest BCUT2D eigenvalue weighted by molar-refractivity contribution is 1.13. The van der Waals surface area contributed by atoms with Gasteiger partial charge in [-0.1, -0.05) is 78.9 Å². The Balaban J connectivity index is 1.38. The van der Waals surface area contributed by atoms with Gasteiger partial charge in [0.2, 0.25) is 0 Å². The number of rotatable bonds is 4. The minimum atomic E-state index is 0.835. The molecule has 2 heterocycles. The van der Waals surface area contributed by atoms with E-state index in [-0.39, 0.29) is 0 Å². The maximum absolute atomic E-state index is 4.59. The number of aromatic nitrogens is 2. The van der Waals surface area contributed by atoms with Gasteiger partial charge in [0.15, 0.2) is 0 Å². The van der Waals surface area contributed by atoms with Gasteiger partial charge in [0, 0.05) is 18.1 Å². The van der Waals surface area contributed by atoms with E-state index in [0.717, 1.165) is 17.3 Å². The van der Waals surface area contributed by atoms with Crippen LogP contribution in [0.5, 0.6) is 0 Å². The molecular formula is C32H21N3. The number of pyridine rings is 2. The fourth-order valence-electron chi connectivity index (χ4n) is 5.13. The molecule has 0 atom stereocenters. The van der Waals surface area contributed by atoms with Crippen molar-refractivity contribution in [2.45, 2.75) is 0 Å². The first-order chi connectivity index (χ1) is 17.4. The molecule has 0 saturated heterocycles. The predicted molar refractivity (Wildman–Crippen MR) is 146 cm³/mol. The first-order valence-corrected chi connectivity index (χ1v) is 11.8. The Labute approximate surface area is 203 Å². The molecule has 0 aliphatic heterocycles. The Morgan fingerprint density at radius 2 is 1.06 bits per heavy atom. The average molecular weight is 448 g/mol. The van der Waals surface area contributed by atoms with Gasteiger partial charge in [-0.05, 0) is 79.8 Å². The summed E-state index contributed by atoms with van der Waals surface area (Å²) < 4.78 is 0. The third-order valence-electron chi connectivity index (χ3n) is 6.72. The van der Waals surface area contributed by atoms with Crippen LogP contribution in [-0.4, -0.2) is 9.97 Å². The monoisotopic (exact) mass is 447 g/mol. The van der Waals surface area contributed by atoms with E-state index in [9.17, 15) is 0 Å². The Morgan fingerprint density at radius 1 is 0.457 bits per heavy atom. The van der Waals surface area contributed by atoms with Crippen LogP contribution in [0.4, 0.5) is 17.3 Å². The second kappa shape index (κ2) is 7.93. The Bertz CT molecular complexity index is 1720. The first kappa shape index (κ1) is 19.7. The summed E-state index contributed by atoms with van der Waals surface area (Å²) in [6.07, 6.45) is 3.62. The van der Waals surface area contributed by atoms with Crippen LogP contribution >= 0.6 is 0 Å². The summed E-state index contributed by atoms with van der Waals surface area (Å²) in [4.78, 5) is 11.2. The summed E-state index contributed by atoms with van der Waals surface area (Å²) in [7, 11) is 0. The molecule has 0 saturated carbocycles. The van der Waals surface area contributed by atoms with Gasteiger partial charge in [0.05, 0.1) is 0 Å². The number of hydrogen-bond acceptors (Lipinski definition) is 3. The van der Waals surface area contributed by atoms with Gasteiger partial charge in [0.25, 0.3) is 0 Å². The highest BCUT2D eigenvalue weighted by atomic mass is 15.2. The number of anilines is 3. The molecule has 5 aromatic carbocycles. The zero-order valence-corrected chi connectivity index (χ0v) is 19.0. The largest absolute Gasteiger partial charge is 0.279 e. The quantitative estimate of drug-likeness (QED) is 0.253. The normalized spacial score (nSPS) is 11.4. The molecule has 35 heavy (non-hydrogen) atoms. The molecule has 0 radical (unpaired) electrons. The molecular weight excluding hydrogens is 426 g/mol. The molecule has 3 nitrogen and oxygen atoms in total. The van der Waals surface area contributed by atoms with Crippen LogP contribution in [0, 0.1) is 0 Å². The van der Waals surface area contributed by atoms with E-state index in [2.05, 4.69) is 93.7 Å². The van der Waals surface area contributed by atoms with Crippen molar-refractivity contribution in [3.8, 4) is 11.1 Å². The summed E-state index contributed by atoms with van der Waals surface area (Å²) in [5.74, 6) is 1.67. The summed E-state index contributed by atoms with van der Waals surface area (Å²) in [5, 5.41) is 7.82. The third-order valence-corrected chi connectivity index (χ3v) is 6.72. The standard InChI is InChI=1S/C32H21N3/c1-3-20-33-29(8-1)35(30-9-2-4-21-34-30)26-16-12-22(13-17-26)27-18-14-25-11-10-23-6-5-7-24-15-19-28(27)32(25)31(23)24/h1-21H. The molecule has 164 valence electrons. The highest BCUT2D eigenvalue weighted by Gasteiger charge is 2.16. The van der Waals surface area contributed by atoms with E-state index >= 15 is 0 Å². The zero-order chi connectivity index (χ0) is 23.2. The SMILES string of the molecule is c1ccc(N(c2ccc(-c3ccc4ccc5cccc6ccc3c4c56)cc2)c2ccccn2)nc1. The molecule has 0 unspecified atom stereocenters. The van der Waals surface area contributed by atoms with Gasteiger partial charge in [-0.2, -0.15) is 0 Å². The van der Waals surface area contributed by atoms with E-state index in [4.69, 9.17) is 0 Å². The minimum absolute atomic E-state index is 0.835. The van der Waals surface area contributed by atoms with Gasteiger partial charge < -0.3 is 0 Å². The highest BCUT2D eigenvalue weighted by molar-refractivity contribution is 6.25. The Morgan fingerprint density at radius 3 is 1.69 bits per heavy atom. The molecule has 0 N–H and O–H groups in total. The molecule has 0 amide bonds. The third kappa shape index (κ3) is 3.21. The molecule has 7 rings (SSSR count). The van der Waals surface area contributed by atoms with Crippen LogP contribution in [0.2, 0.25) is 0 Å². The fraction of sp³-hybridized carbons (Fsp3) is 0. The van der Waals surface area contributed by atoms with Crippen LogP contribution < -0.4 is 4.90 Å². The number of nitrogens with zero attached hydrogens (tertiary/aromatic N) is 3. The van der Waals surface area contributed by atoms with E-state index in [1.165, 1.54) is 43.4 Å². The highest BCUT2D eigenvalue weighted by Crippen LogP contribution is 2.40. The van der Waals surface area contributed by atoms with Crippen LogP contribution in [0.1, 0.15) is 0 Å². The first-order valence-electron chi connectivity index (χ1n) is 11.8. The van der Waals surface area contributed by atoms with Gasteiger partial charge in [0.1, 0.15) is 11.6 Å². The van der Waals surface area contributed by atoms with Crippen LogP contribution in [0.15, 0.2) is 128 Å². The van der Waals surface area contributed by atoms with Crippen molar-refractivity contribution in [3.63, 3.8) is 0 Å². The Hall–Kier alpha value is -4.76. The maximum Gasteiger partial charge on any atom is 0.138 e. The van der Waals surface area contributed by atoms with E-state index in [1.807, 2.05) is 48.8 Å². The summed E-state index contributed by atoms with van der Waals surface area (Å²) in [5.41, 5.74) is 3.45. The molecule has 0 aliphatic rings. The second-order valence-electron chi connectivity index (χ2n) is 8.73. The topological polar surface area (TPSA) is 29.0 Å². The van der Waals surface area contributed by atoms with Crippen molar-refractivity contribution in [1.29, 1.82) is 0 Å². The molecule has 0 aliphatic carbocycles. The van der Waals surface area contributed by atoms with Crippen molar-refractivity contribution in [2.24, 2.45) is 0 Å². The minimum Gasteiger partial charge on any atom is -0.279 e. The van der Waals surface area contributed by atoms with Gasteiger partial charge >= 0.3 is 0 Å². The smallest absolute Gasteiger partial charge is 0.138 e. The number of benzene rings is 5. The molecule has 2 aromatic heterocycles. The van der Waals surface area contributed by atoms with Crippen molar-refractivity contribution in [3.05, 3.63) is 128 Å². The summed E-state index contributed by atoms with van der Waals surface area (Å²) in [6.45, 7) is 0.